The summed E-state index contributed by atoms with van der Waals surface area (Å²) in [6.07, 6.45) is 2.74. The first kappa shape index (κ1) is 13.4. The van der Waals surface area contributed by atoms with Crippen LogP contribution in [0.25, 0.3) is 0 Å². The van der Waals surface area contributed by atoms with Crippen LogP contribution in [0, 0.1) is 0 Å². The molecule has 0 spiro atoms. The molecule has 0 unspecified atom stereocenters. The zero-order valence-corrected chi connectivity index (χ0v) is 9.12. The number of aromatic amines is 1. The maximum absolute atomic E-state index is 12.0. The monoisotopic (exact) mass is 267 g/mol. The Morgan fingerprint density at radius 1 is 1.06 bits per heavy atom. The van der Waals surface area contributed by atoms with E-state index in [1.54, 1.807) is 6.07 Å². The van der Waals surface area contributed by atoms with Gasteiger partial charge in [-0.25, -0.2) is 0 Å². The summed E-state index contributed by atoms with van der Waals surface area (Å²) in [5, 5.41) is 0. The molecule has 0 fully saturated rings. The number of halogens is 3. The van der Waals surface area contributed by atoms with Crippen LogP contribution < -0.4 is 4.18 Å². The van der Waals surface area contributed by atoms with Crippen molar-refractivity contribution in [3.05, 3.63) is 42.7 Å². The van der Waals surface area contributed by atoms with E-state index in [1.807, 2.05) is 0 Å². The molecule has 0 atom stereocenters. The Bertz CT molecular complexity index is 496. The summed E-state index contributed by atoms with van der Waals surface area (Å²) in [7, 11) is -5.64. The Kier molecular flexibility index (Phi) is 4.00. The van der Waals surface area contributed by atoms with Gasteiger partial charge < -0.3 is 9.17 Å². The van der Waals surface area contributed by atoms with Gasteiger partial charge in [0.1, 0.15) is 5.75 Å². The Morgan fingerprint density at radius 2 is 1.76 bits per heavy atom. The highest BCUT2D eigenvalue weighted by Crippen LogP contribution is 2.26. The summed E-state index contributed by atoms with van der Waals surface area (Å²) in [6, 6.07) is 6.56. The van der Waals surface area contributed by atoms with Crippen molar-refractivity contribution in [3.63, 3.8) is 0 Å². The van der Waals surface area contributed by atoms with Gasteiger partial charge in [0.05, 0.1) is 0 Å². The van der Waals surface area contributed by atoms with Crippen molar-refractivity contribution in [3.8, 4) is 5.75 Å². The van der Waals surface area contributed by atoms with Gasteiger partial charge >= 0.3 is 15.6 Å². The second kappa shape index (κ2) is 5.09. The van der Waals surface area contributed by atoms with Crippen LogP contribution in [-0.2, 0) is 10.1 Å². The van der Waals surface area contributed by atoms with Gasteiger partial charge in [-0.05, 0) is 18.2 Å². The van der Waals surface area contributed by atoms with E-state index >= 15 is 0 Å². The van der Waals surface area contributed by atoms with Crippen molar-refractivity contribution in [1.82, 2.24) is 4.98 Å². The predicted molar refractivity (Wildman–Crippen MR) is 54.0 cm³/mol. The zero-order chi connectivity index (χ0) is 12.9. The van der Waals surface area contributed by atoms with Crippen LogP contribution in [0.3, 0.4) is 0 Å². The van der Waals surface area contributed by atoms with Gasteiger partial charge in [-0.3, -0.25) is 0 Å². The molecule has 0 aliphatic heterocycles. The lowest BCUT2D eigenvalue weighted by molar-refractivity contribution is -0.0500. The molecule has 0 aromatic carbocycles. The van der Waals surface area contributed by atoms with E-state index in [0.717, 1.165) is 12.1 Å². The van der Waals surface area contributed by atoms with Crippen LogP contribution >= 0.6 is 0 Å². The molecule has 1 rings (SSSR count). The maximum atomic E-state index is 12.0. The smallest absolute Gasteiger partial charge is 0.376 e. The molecule has 0 aliphatic carbocycles. The number of nitrogens with one attached hydrogen (secondary N) is 1. The van der Waals surface area contributed by atoms with Crippen molar-refractivity contribution in [1.29, 1.82) is 0 Å². The number of alkyl halides is 3. The van der Waals surface area contributed by atoms with E-state index < -0.39 is 21.4 Å². The molecule has 0 bridgehead atoms. The first-order valence-electron chi connectivity index (χ1n) is 4.30. The number of hydrogen-bond acceptors (Lipinski definition) is 3. The van der Waals surface area contributed by atoms with Gasteiger partial charge in [0.25, 0.3) is 0 Å². The van der Waals surface area contributed by atoms with E-state index in [1.165, 1.54) is 24.5 Å². The summed E-state index contributed by atoms with van der Waals surface area (Å²) >= 11 is 0. The normalized spacial score (nSPS) is 11.7. The molecule has 1 heterocycles. The molecule has 4 nitrogen and oxygen atoms in total. The number of rotatable bonds is 2. The highest BCUT2D eigenvalue weighted by Gasteiger charge is 2.48. The first-order valence-corrected chi connectivity index (χ1v) is 5.70. The number of aromatic nitrogens is 1. The summed E-state index contributed by atoms with van der Waals surface area (Å²) < 4.78 is 61.5. The summed E-state index contributed by atoms with van der Waals surface area (Å²) in [5.41, 5.74) is -5.45. The van der Waals surface area contributed by atoms with Crippen LogP contribution in [0.1, 0.15) is 0 Å². The fourth-order valence-corrected chi connectivity index (χ4v) is 1.26. The minimum absolute atomic E-state index is 0.449. The molecule has 0 radical (unpaired) electrons. The van der Waals surface area contributed by atoms with Crippen molar-refractivity contribution < 1.29 is 25.8 Å². The molecule has 1 aromatic heterocycles. The van der Waals surface area contributed by atoms with Crippen LogP contribution in [0.2, 0.25) is 0 Å². The highest BCUT2D eigenvalue weighted by molar-refractivity contribution is 7.87. The Hall–Kier alpha value is -1.70. The molecule has 94 valence electrons. The number of H-pyrrole nitrogens is 1. The van der Waals surface area contributed by atoms with E-state index in [9.17, 15) is 21.6 Å². The third-order valence-corrected chi connectivity index (χ3v) is 2.49. The second-order valence-corrected chi connectivity index (χ2v) is 4.33. The molecule has 0 saturated heterocycles. The van der Waals surface area contributed by atoms with E-state index in [4.69, 9.17) is 0 Å². The molecular formula is C9H8F3NO3S. The fraction of sp³-hybridized carbons (Fsp3) is 0.111. The van der Waals surface area contributed by atoms with Crippen LogP contribution in [0.5, 0.6) is 5.75 Å². The topological polar surface area (TPSA) is 59.2 Å². The van der Waals surface area contributed by atoms with Gasteiger partial charge in [-0.2, -0.15) is 21.6 Å². The molecule has 1 N–H and O–H groups in total. The molecule has 8 heteroatoms. The highest BCUT2D eigenvalue weighted by atomic mass is 32.2. The largest absolute Gasteiger partial charge is 0.534 e. The zero-order valence-electron chi connectivity index (χ0n) is 8.31. The Balaban J connectivity index is 3.10. The van der Waals surface area contributed by atoms with Gasteiger partial charge in [0.2, 0.25) is 0 Å². The van der Waals surface area contributed by atoms with Crippen molar-refractivity contribution in [2.45, 2.75) is 5.51 Å². The average Bonchev–Trinajstić information content (AvgIpc) is 2.29. The van der Waals surface area contributed by atoms with Crippen LogP contribution in [0.15, 0.2) is 42.7 Å². The lowest BCUT2D eigenvalue weighted by Gasteiger charge is -2.07. The Morgan fingerprint density at radius 3 is 2.41 bits per heavy atom. The summed E-state index contributed by atoms with van der Waals surface area (Å²) in [6.45, 7) is 0. The lowest BCUT2D eigenvalue weighted by Crippen LogP contribution is -2.27. The SMILES string of the molecule is O=S(=O)(Oc1ccccc[nH]cc1)C(F)(F)F. The summed E-state index contributed by atoms with van der Waals surface area (Å²) in [4.78, 5) is 2.57. The average molecular weight is 267 g/mol. The molecule has 1 aromatic rings. The maximum Gasteiger partial charge on any atom is 0.534 e. The quantitative estimate of drug-likeness (QED) is 0.661. The third kappa shape index (κ3) is 3.99. The minimum atomic E-state index is -5.64. The van der Waals surface area contributed by atoms with E-state index in [2.05, 4.69) is 9.17 Å². The van der Waals surface area contributed by atoms with Crippen molar-refractivity contribution >= 4 is 10.1 Å². The van der Waals surface area contributed by atoms with Crippen molar-refractivity contribution in [2.75, 3.05) is 0 Å². The van der Waals surface area contributed by atoms with Crippen LogP contribution in [0.4, 0.5) is 13.2 Å². The second-order valence-electron chi connectivity index (χ2n) is 2.80. The van der Waals surface area contributed by atoms with E-state index in [-0.39, 0.29) is 0 Å². The third-order valence-electron chi connectivity index (χ3n) is 1.51. The van der Waals surface area contributed by atoms with Crippen molar-refractivity contribution in [2.24, 2.45) is 0 Å². The minimum Gasteiger partial charge on any atom is -0.376 e. The van der Waals surface area contributed by atoms with Gasteiger partial charge in [0.15, 0.2) is 0 Å². The standard InChI is InChI=1S/C9H8F3NO3S/c10-9(11,12)17(14,15)16-8-4-2-1-3-6-13-7-5-8/h1-7,13H. The van der Waals surface area contributed by atoms with Gasteiger partial charge in [-0.15, -0.1) is 0 Å². The lowest BCUT2D eigenvalue weighted by atomic mass is 10.4. The molecule has 17 heavy (non-hydrogen) atoms. The van der Waals surface area contributed by atoms with Gasteiger partial charge in [0, 0.05) is 12.4 Å². The molecule has 0 aliphatic rings. The van der Waals surface area contributed by atoms with Gasteiger partial charge in [-0.1, -0.05) is 12.1 Å². The molecule has 0 amide bonds. The first-order chi connectivity index (χ1) is 7.83. The fourth-order valence-electron chi connectivity index (χ4n) is 0.796. The molecule has 0 saturated carbocycles. The van der Waals surface area contributed by atoms with Crippen LogP contribution in [-0.4, -0.2) is 18.9 Å². The Labute approximate surface area is 95.5 Å². The number of hydrogen-bond donors (Lipinski definition) is 1. The predicted octanol–water partition coefficient (Wildman–Crippen LogP) is 2.37. The van der Waals surface area contributed by atoms with E-state index in [0.29, 0.717) is 0 Å². The summed E-state index contributed by atoms with van der Waals surface area (Å²) in [5.74, 6) is -0.449. The molecular weight excluding hydrogens is 259 g/mol.